The van der Waals surface area contributed by atoms with Gasteiger partial charge in [0.15, 0.2) is 5.82 Å². The van der Waals surface area contributed by atoms with E-state index in [1.54, 1.807) is 41.2 Å². The highest BCUT2D eigenvalue weighted by Gasteiger charge is 2.15. The van der Waals surface area contributed by atoms with Gasteiger partial charge in [0.05, 0.1) is 13.0 Å². The van der Waals surface area contributed by atoms with Crippen LogP contribution >= 0.6 is 11.3 Å². The van der Waals surface area contributed by atoms with Gasteiger partial charge in [-0.25, -0.2) is 23.4 Å². The van der Waals surface area contributed by atoms with Crippen LogP contribution < -0.4 is 0 Å². The van der Waals surface area contributed by atoms with E-state index < -0.39 is 0 Å². The Labute approximate surface area is 152 Å². The van der Waals surface area contributed by atoms with Crippen LogP contribution in [0.5, 0.6) is 0 Å². The molecule has 0 unspecified atom stereocenters. The lowest BCUT2D eigenvalue weighted by molar-refractivity contribution is 0.576. The maximum Gasteiger partial charge on any atom is 0.181 e. The maximum absolute atomic E-state index is 14.0. The Kier molecular flexibility index (Phi) is 4.53. The standard InChI is InChI=1S/C19H14F2N4S/c20-15-7-5-13(6-8-15)19-23-17(11-18-22-9-10-26-18)25(24-19)12-14-3-1-2-4-16(14)21/h1-10H,11-12H2. The van der Waals surface area contributed by atoms with Crippen LogP contribution in [0.3, 0.4) is 0 Å². The van der Waals surface area contributed by atoms with Gasteiger partial charge in [0.25, 0.3) is 0 Å². The zero-order valence-electron chi connectivity index (χ0n) is 13.6. The second kappa shape index (κ2) is 7.13. The summed E-state index contributed by atoms with van der Waals surface area (Å²) in [6.45, 7) is 0.265. The van der Waals surface area contributed by atoms with Gasteiger partial charge in [-0.3, -0.25) is 0 Å². The lowest BCUT2D eigenvalue weighted by Crippen LogP contribution is -2.09. The van der Waals surface area contributed by atoms with Gasteiger partial charge < -0.3 is 0 Å². The monoisotopic (exact) mass is 368 g/mol. The fraction of sp³-hybridized carbons (Fsp3) is 0.105. The molecule has 0 amide bonds. The average molecular weight is 368 g/mol. The molecule has 4 aromatic rings. The van der Waals surface area contributed by atoms with E-state index in [0.29, 0.717) is 29.2 Å². The summed E-state index contributed by atoms with van der Waals surface area (Å²) in [6.07, 6.45) is 2.23. The molecule has 4 nitrogen and oxygen atoms in total. The Morgan fingerprint density at radius 1 is 1.00 bits per heavy atom. The van der Waals surface area contributed by atoms with Gasteiger partial charge in [0.1, 0.15) is 22.5 Å². The van der Waals surface area contributed by atoms with E-state index in [2.05, 4.69) is 15.1 Å². The maximum atomic E-state index is 14.0. The largest absolute Gasteiger partial charge is 0.249 e. The smallest absolute Gasteiger partial charge is 0.181 e. The van der Waals surface area contributed by atoms with Gasteiger partial charge in [-0.1, -0.05) is 18.2 Å². The molecule has 26 heavy (non-hydrogen) atoms. The topological polar surface area (TPSA) is 43.6 Å². The summed E-state index contributed by atoms with van der Waals surface area (Å²) in [7, 11) is 0. The number of hydrogen-bond donors (Lipinski definition) is 0. The zero-order chi connectivity index (χ0) is 17.9. The fourth-order valence-electron chi connectivity index (χ4n) is 2.62. The molecule has 130 valence electrons. The summed E-state index contributed by atoms with van der Waals surface area (Å²) in [5.41, 5.74) is 1.24. The molecular formula is C19H14F2N4S. The van der Waals surface area contributed by atoms with Gasteiger partial charge in [0.2, 0.25) is 0 Å². The third-order valence-electron chi connectivity index (χ3n) is 3.92. The Hall–Kier alpha value is -2.93. The molecule has 0 fully saturated rings. The molecule has 0 spiro atoms. The molecule has 4 rings (SSSR count). The van der Waals surface area contributed by atoms with Crippen LogP contribution in [-0.2, 0) is 13.0 Å². The Morgan fingerprint density at radius 2 is 1.81 bits per heavy atom. The zero-order valence-corrected chi connectivity index (χ0v) is 14.5. The van der Waals surface area contributed by atoms with Crippen molar-refractivity contribution in [2.75, 3.05) is 0 Å². The predicted molar refractivity (Wildman–Crippen MR) is 95.8 cm³/mol. The SMILES string of the molecule is Fc1ccc(-c2nc(Cc3nccs3)n(Cc3ccccc3F)n2)cc1. The lowest BCUT2D eigenvalue weighted by Gasteiger charge is -2.06. The number of rotatable bonds is 5. The van der Waals surface area contributed by atoms with E-state index >= 15 is 0 Å². The average Bonchev–Trinajstić information content (AvgIpc) is 3.29. The molecule has 0 aliphatic rings. The van der Waals surface area contributed by atoms with Gasteiger partial charge in [-0.2, -0.15) is 5.10 Å². The summed E-state index contributed by atoms with van der Waals surface area (Å²) in [6, 6.07) is 12.6. The van der Waals surface area contributed by atoms with Gasteiger partial charge in [-0.15, -0.1) is 11.3 Å². The third kappa shape index (κ3) is 3.52. The lowest BCUT2D eigenvalue weighted by atomic mass is 10.2. The first-order chi connectivity index (χ1) is 12.7. The predicted octanol–water partition coefficient (Wildman–Crippen LogP) is 4.32. The first-order valence-electron chi connectivity index (χ1n) is 8.00. The third-order valence-corrected chi connectivity index (χ3v) is 4.70. The summed E-state index contributed by atoms with van der Waals surface area (Å²) < 4.78 is 28.9. The number of aromatic nitrogens is 4. The number of nitrogens with zero attached hydrogens (tertiary/aromatic N) is 4. The minimum absolute atomic E-state index is 0.265. The van der Waals surface area contributed by atoms with Crippen LogP contribution in [0.1, 0.15) is 16.4 Å². The molecule has 0 radical (unpaired) electrons. The molecule has 0 aliphatic carbocycles. The van der Waals surface area contributed by atoms with Gasteiger partial charge >= 0.3 is 0 Å². The molecular weight excluding hydrogens is 354 g/mol. The van der Waals surface area contributed by atoms with Crippen molar-refractivity contribution in [3.8, 4) is 11.4 Å². The van der Waals surface area contributed by atoms with Crippen LogP contribution in [0, 0.1) is 11.6 Å². The Bertz CT molecular complexity index is 1010. The molecule has 0 saturated heterocycles. The fourth-order valence-corrected chi connectivity index (χ4v) is 3.23. The van der Waals surface area contributed by atoms with Crippen LogP contribution in [0.15, 0.2) is 60.1 Å². The highest BCUT2D eigenvalue weighted by Crippen LogP contribution is 2.20. The molecule has 0 atom stereocenters. The first-order valence-corrected chi connectivity index (χ1v) is 8.88. The van der Waals surface area contributed by atoms with E-state index in [4.69, 9.17) is 0 Å². The van der Waals surface area contributed by atoms with Gasteiger partial charge in [0, 0.05) is 22.7 Å². The van der Waals surface area contributed by atoms with Crippen LogP contribution in [0.25, 0.3) is 11.4 Å². The van der Waals surface area contributed by atoms with Crippen molar-refractivity contribution >= 4 is 11.3 Å². The van der Waals surface area contributed by atoms with E-state index in [9.17, 15) is 8.78 Å². The number of halogens is 2. The van der Waals surface area contributed by atoms with E-state index in [0.717, 1.165) is 5.01 Å². The first kappa shape index (κ1) is 16.5. The molecule has 0 aliphatic heterocycles. The molecule has 0 bridgehead atoms. The summed E-state index contributed by atoms with van der Waals surface area (Å²) >= 11 is 1.53. The van der Waals surface area contributed by atoms with Crippen LogP contribution in [0.4, 0.5) is 8.78 Å². The van der Waals surface area contributed by atoms with Crippen molar-refractivity contribution in [2.24, 2.45) is 0 Å². The minimum Gasteiger partial charge on any atom is -0.249 e. The summed E-state index contributed by atoms with van der Waals surface area (Å²) in [5.74, 6) is 0.560. The summed E-state index contributed by atoms with van der Waals surface area (Å²) in [5, 5.41) is 7.32. The molecule has 2 aromatic carbocycles. The second-order valence-corrected chi connectivity index (χ2v) is 6.69. The van der Waals surface area contributed by atoms with Crippen molar-refractivity contribution in [1.29, 1.82) is 0 Å². The number of hydrogen-bond acceptors (Lipinski definition) is 4. The minimum atomic E-state index is -0.317. The van der Waals surface area contributed by atoms with Crippen molar-refractivity contribution < 1.29 is 8.78 Å². The molecule has 2 heterocycles. The number of benzene rings is 2. The second-order valence-electron chi connectivity index (χ2n) is 5.71. The van der Waals surface area contributed by atoms with Crippen molar-refractivity contribution in [1.82, 2.24) is 19.7 Å². The van der Waals surface area contributed by atoms with E-state index in [1.807, 2.05) is 5.38 Å². The Morgan fingerprint density at radius 3 is 2.54 bits per heavy atom. The van der Waals surface area contributed by atoms with Crippen LogP contribution in [0.2, 0.25) is 0 Å². The Balaban J connectivity index is 1.72. The van der Waals surface area contributed by atoms with Crippen molar-refractivity contribution in [3.05, 3.63) is 88.1 Å². The highest BCUT2D eigenvalue weighted by molar-refractivity contribution is 7.09. The highest BCUT2D eigenvalue weighted by atomic mass is 32.1. The van der Waals surface area contributed by atoms with Crippen molar-refractivity contribution in [3.63, 3.8) is 0 Å². The molecule has 0 N–H and O–H groups in total. The van der Waals surface area contributed by atoms with E-state index in [1.165, 1.54) is 29.5 Å². The normalized spacial score (nSPS) is 11.0. The quantitative estimate of drug-likeness (QED) is 0.527. The van der Waals surface area contributed by atoms with Crippen molar-refractivity contribution in [2.45, 2.75) is 13.0 Å². The van der Waals surface area contributed by atoms with Gasteiger partial charge in [-0.05, 0) is 30.3 Å². The summed E-state index contributed by atoms with van der Waals surface area (Å²) in [4.78, 5) is 8.87. The molecule has 0 saturated carbocycles. The molecule has 2 aromatic heterocycles. The van der Waals surface area contributed by atoms with E-state index in [-0.39, 0.29) is 18.2 Å². The molecule has 7 heteroatoms. The number of thiazole rings is 1. The van der Waals surface area contributed by atoms with Crippen LogP contribution in [-0.4, -0.2) is 19.7 Å².